The van der Waals surface area contributed by atoms with E-state index >= 15 is 0 Å². The molecule has 114 valence electrons. The van der Waals surface area contributed by atoms with E-state index in [4.69, 9.17) is 0 Å². The van der Waals surface area contributed by atoms with E-state index < -0.39 is 7.92 Å². The summed E-state index contributed by atoms with van der Waals surface area (Å²) in [4.78, 5) is 13.4. The number of rotatable bonds is 4. The molecule has 0 saturated heterocycles. The Morgan fingerprint density at radius 2 is 1.09 bits per heavy atom. The van der Waals surface area contributed by atoms with E-state index in [1.165, 1.54) is 0 Å². The summed E-state index contributed by atoms with van der Waals surface area (Å²) in [6, 6.07) is 26.3. The Labute approximate surface area is 138 Å². The number of aryl methyl sites for hydroxylation is 2. The minimum absolute atomic E-state index is 0.230. The summed E-state index contributed by atoms with van der Waals surface area (Å²) in [5.74, 6) is 0. The van der Waals surface area contributed by atoms with Gasteiger partial charge in [-0.3, -0.25) is 4.79 Å². The first-order valence-corrected chi connectivity index (χ1v) is 9.03. The van der Waals surface area contributed by atoms with Gasteiger partial charge in [-0.15, -0.1) is 0 Å². The van der Waals surface area contributed by atoms with Gasteiger partial charge in [0.25, 0.3) is 0 Å². The van der Waals surface area contributed by atoms with Crippen molar-refractivity contribution in [3.63, 3.8) is 0 Å². The lowest BCUT2D eigenvalue weighted by Gasteiger charge is -2.19. The van der Waals surface area contributed by atoms with Gasteiger partial charge in [0.2, 0.25) is 0 Å². The molecule has 0 unspecified atom stereocenters. The predicted octanol–water partition coefficient (Wildman–Crippen LogP) is 4.58. The van der Waals surface area contributed by atoms with Crippen molar-refractivity contribution < 1.29 is 4.79 Å². The second kappa shape index (κ2) is 6.89. The van der Waals surface area contributed by atoms with E-state index in [1.807, 2.05) is 68.4 Å². The van der Waals surface area contributed by atoms with Crippen molar-refractivity contribution in [2.75, 3.05) is 0 Å². The zero-order chi connectivity index (χ0) is 16.2. The molecule has 0 aromatic heterocycles. The number of carbonyl (C=O) groups excluding carboxylic acids is 1. The Bertz CT molecular complexity index is 750. The second-order valence-corrected chi connectivity index (χ2v) is 7.69. The van der Waals surface area contributed by atoms with Gasteiger partial charge in [0.05, 0.1) is 0 Å². The van der Waals surface area contributed by atoms with E-state index in [-0.39, 0.29) is 5.52 Å². The van der Waals surface area contributed by atoms with Crippen LogP contribution in [-0.2, 0) is 0 Å². The first kappa shape index (κ1) is 15.6. The van der Waals surface area contributed by atoms with Gasteiger partial charge in [0, 0.05) is 13.5 Å². The maximum atomic E-state index is 13.4. The molecule has 23 heavy (non-hydrogen) atoms. The number of benzene rings is 3. The van der Waals surface area contributed by atoms with Crippen molar-refractivity contribution in [3.8, 4) is 0 Å². The van der Waals surface area contributed by atoms with E-state index in [1.54, 1.807) is 0 Å². The number of hydrogen-bond donors (Lipinski definition) is 0. The average molecular weight is 318 g/mol. The van der Waals surface area contributed by atoms with Crippen molar-refractivity contribution in [3.05, 3.63) is 95.6 Å². The quantitative estimate of drug-likeness (QED) is 0.644. The third-order valence-corrected chi connectivity index (χ3v) is 6.19. The van der Waals surface area contributed by atoms with Crippen molar-refractivity contribution in [1.29, 1.82) is 0 Å². The molecule has 3 aromatic carbocycles. The third-order valence-electron chi connectivity index (χ3n) is 3.93. The van der Waals surface area contributed by atoms with Crippen LogP contribution < -0.4 is 10.6 Å². The Balaban J connectivity index is 2.15. The zero-order valence-electron chi connectivity index (χ0n) is 13.4. The van der Waals surface area contributed by atoms with Gasteiger partial charge in [-0.2, -0.15) is 0 Å². The molecule has 0 N–H and O–H groups in total. The van der Waals surface area contributed by atoms with Crippen LogP contribution in [-0.4, -0.2) is 5.52 Å². The molecule has 0 fully saturated rings. The summed E-state index contributed by atoms with van der Waals surface area (Å²) in [6.45, 7) is 4.04. The average Bonchev–Trinajstić information content (AvgIpc) is 2.57. The summed E-state index contributed by atoms with van der Waals surface area (Å²) in [5, 5.41) is 2.20. The molecule has 0 spiro atoms. The summed E-state index contributed by atoms with van der Waals surface area (Å²) in [6.07, 6.45) is 0. The van der Waals surface area contributed by atoms with Crippen LogP contribution in [0.15, 0.2) is 78.9 Å². The van der Waals surface area contributed by atoms with Crippen LogP contribution in [0.3, 0.4) is 0 Å². The van der Waals surface area contributed by atoms with Crippen LogP contribution in [0.1, 0.15) is 21.5 Å². The van der Waals surface area contributed by atoms with Gasteiger partial charge in [-0.1, -0.05) is 78.9 Å². The molecule has 0 radical (unpaired) electrons. The van der Waals surface area contributed by atoms with Crippen molar-refractivity contribution in [2.24, 2.45) is 0 Å². The van der Waals surface area contributed by atoms with E-state index in [2.05, 4.69) is 24.3 Å². The smallest absolute Gasteiger partial charge is 0.193 e. The maximum Gasteiger partial charge on any atom is 0.193 e. The SMILES string of the molecule is Cc1cccc(C)c1C(=O)P(c1ccccc1)c1ccccc1. The minimum Gasteiger partial charge on any atom is -0.288 e. The summed E-state index contributed by atoms with van der Waals surface area (Å²) < 4.78 is 0. The Hall–Kier alpha value is -2.24. The molecule has 3 rings (SSSR count). The van der Waals surface area contributed by atoms with E-state index in [0.29, 0.717) is 0 Å². The molecular formula is C21H19OP. The van der Waals surface area contributed by atoms with Crippen LogP contribution >= 0.6 is 7.92 Å². The third kappa shape index (κ3) is 3.25. The topological polar surface area (TPSA) is 17.1 Å². The molecule has 3 aromatic rings. The van der Waals surface area contributed by atoms with Crippen LogP contribution in [0, 0.1) is 13.8 Å². The van der Waals surface area contributed by atoms with Gasteiger partial charge < -0.3 is 0 Å². The molecule has 0 atom stereocenters. The lowest BCUT2D eigenvalue weighted by molar-refractivity contribution is 0.108. The lowest BCUT2D eigenvalue weighted by Crippen LogP contribution is -2.19. The van der Waals surface area contributed by atoms with Crippen LogP contribution in [0.5, 0.6) is 0 Å². The van der Waals surface area contributed by atoms with Gasteiger partial charge in [0.1, 0.15) is 0 Å². The standard InChI is InChI=1S/C21H19OP/c1-16-10-9-11-17(2)20(16)21(22)23(18-12-5-3-6-13-18)19-14-7-4-8-15-19/h3-15H,1-2H3. The van der Waals surface area contributed by atoms with Gasteiger partial charge in [-0.25, -0.2) is 0 Å². The van der Waals surface area contributed by atoms with Gasteiger partial charge in [0.15, 0.2) is 5.52 Å². The van der Waals surface area contributed by atoms with Crippen molar-refractivity contribution in [2.45, 2.75) is 13.8 Å². The van der Waals surface area contributed by atoms with Crippen molar-refractivity contribution in [1.82, 2.24) is 0 Å². The Morgan fingerprint density at radius 1 is 0.652 bits per heavy atom. The number of carbonyl (C=O) groups is 1. The molecule has 2 heteroatoms. The summed E-state index contributed by atoms with van der Waals surface area (Å²) >= 11 is 0. The van der Waals surface area contributed by atoms with Crippen LogP contribution in [0.2, 0.25) is 0 Å². The predicted molar refractivity (Wildman–Crippen MR) is 99.3 cm³/mol. The fraction of sp³-hybridized carbons (Fsp3) is 0.0952. The highest BCUT2D eigenvalue weighted by molar-refractivity contribution is 7.88. The lowest BCUT2D eigenvalue weighted by atomic mass is 10.0. The normalized spacial score (nSPS) is 10.7. The number of hydrogen-bond acceptors (Lipinski definition) is 1. The highest BCUT2D eigenvalue weighted by Crippen LogP contribution is 2.39. The van der Waals surface area contributed by atoms with E-state index in [9.17, 15) is 4.79 Å². The second-order valence-electron chi connectivity index (χ2n) is 5.58. The fourth-order valence-electron chi connectivity index (χ4n) is 2.80. The molecule has 0 amide bonds. The fourth-order valence-corrected chi connectivity index (χ4v) is 5.09. The molecule has 0 aliphatic heterocycles. The largest absolute Gasteiger partial charge is 0.288 e. The molecule has 1 nitrogen and oxygen atoms in total. The first-order chi connectivity index (χ1) is 11.2. The summed E-state index contributed by atoms with van der Waals surface area (Å²) in [7, 11) is -1.06. The monoisotopic (exact) mass is 318 g/mol. The molecule has 0 saturated carbocycles. The molecule has 0 bridgehead atoms. The molecule has 0 heterocycles. The van der Waals surface area contributed by atoms with Crippen LogP contribution in [0.25, 0.3) is 0 Å². The Kier molecular flexibility index (Phi) is 4.69. The molecular weight excluding hydrogens is 299 g/mol. The minimum atomic E-state index is -1.06. The summed E-state index contributed by atoms with van der Waals surface area (Å²) in [5.41, 5.74) is 3.20. The zero-order valence-corrected chi connectivity index (χ0v) is 14.3. The van der Waals surface area contributed by atoms with Crippen molar-refractivity contribution >= 4 is 24.1 Å². The van der Waals surface area contributed by atoms with Gasteiger partial charge >= 0.3 is 0 Å². The highest BCUT2D eigenvalue weighted by Gasteiger charge is 2.25. The molecule has 0 aliphatic rings. The Morgan fingerprint density at radius 3 is 1.52 bits per heavy atom. The van der Waals surface area contributed by atoms with E-state index in [0.717, 1.165) is 27.3 Å². The first-order valence-electron chi connectivity index (χ1n) is 7.69. The van der Waals surface area contributed by atoms with Gasteiger partial charge in [-0.05, 0) is 35.6 Å². The highest BCUT2D eigenvalue weighted by atomic mass is 31.1. The van der Waals surface area contributed by atoms with Crippen LogP contribution in [0.4, 0.5) is 0 Å². The maximum absolute atomic E-state index is 13.4. The molecule has 0 aliphatic carbocycles.